The van der Waals surface area contributed by atoms with E-state index in [1.165, 1.54) is 0 Å². The first-order chi connectivity index (χ1) is 19.6. The standard InChI is InChI=1S/C34H29ClN2O4/c1-34(2,3)24-12-8-22(9-13-24)33(38)40-26-16-17-27-30(18-26)41-32(37)28(19-36)31(27)21-10-14-25(15-11-21)39-20-23-6-4-5-7-29(23)35/h4-18,31H,20,37H2,1-3H3. The van der Waals surface area contributed by atoms with Crippen molar-refractivity contribution >= 4 is 17.6 Å². The fraction of sp³-hybridized carbons (Fsp3) is 0.176. The Morgan fingerprint density at radius 3 is 2.32 bits per heavy atom. The van der Waals surface area contributed by atoms with Gasteiger partial charge in [-0.3, -0.25) is 0 Å². The van der Waals surface area contributed by atoms with Crippen LogP contribution in [-0.4, -0.2) is 5.97 Å². The van der Waals surface area contributed by atoms with Crippen LogP contribution in [-0.2, 0) is 12.0 Å². The quantitative estimate of drug-likeness (QED) is 0.191. The van der Waals surface area contributed by atoms with Crippen LogP contribution in [0.3, 0.4) is 0 Å². The molecule has 0 aromatic heterocycles. The summed E-state index contributed by atoms with van der Waals surface area (Å²) in [6, 6.07) is 29.6. The Balaban J connectivity index is 1.35. The van der Waals surface area contributed by atoms with Gasteiger partial charge in [0.15, 0.2) is 0 Å². The lowest BCUT2D eigenvalue weighted by atomic mass is 9.83. The highest BCUT2D eigenvalue weighted by molar-refractivity contribution is 6.31. The predicted molar refractivity (Wildman–Crippen MR) is 158 cm³/mol. The highest BCUT2D eigenvalue weighted by Crippen LogP contribution is 2.43. The maximum Gasteiger partial charge on any atom is 0.343 e. The summed E-state index contributed by atoms with van der Waals surface area (Å²) in [5.41, 5.74) is 10.5. The summed E-state index contributed by atoms with van der Waals surface area (Å²) >= 11 is 6.23. The van der Waals surface area contributed by atoms with E-state index in [1.54, 1.807) is 30.3 Å². The molecular weight excluding hydrogens is 536 g/mol. The molecule has 1 aliphatic heterocycles. The Kier molecular flexibility index (Phi) is 7.74. The molecular formula is C34H29ClN2O4. The third kappa shape index (κ3) is 6.06. The van der Waals surface area contributed by atoms with Crippen molar-refractivity contribution in [1.82, 2.24) is 0 Å². The van der Waals surface area contributed by atoms with Crippen LogP contribution in [0.25, 0.3) is 0 Å². The second kappa shape index (κ2) is 11.4. The highest BCUT2D eigenvalue weighted by atomic mass is 35.5. The Bertz CT molecular complexity index is 1660. The normalized spacial score (nSPS) is 14.5. The molecule has 0 radical (unpaired) electrons. The number of nitrogens with two attached hydrogens (primary N) is 1. The summed E-state index contributed by atoms with van der Waals surface area (Å²) in [5.74, 6) is 0.449. The predicted octanol–water partition coefficient (Wildman–Crippen LogP) is 7.65. The summed E-state index contributed by atoms with van der Waals surface area (Å²) in [4.78, 5) is 12.8. The number of rotatable bonds is 6. The smallest absolute Gasteiger partial charge is 0.343 e. The number of halogens is 1. The molecule has 1 aliphatic rings. The number of nitriles is 1. The number of benzene rings is 4. The van der Waals surface area contributed by atoms with Gasteiger partial charge in [0, 0.05) is 22.2 Å². The van der Waals surface area contributed by atoms with Crippen LogP contribution in [0.1, 0.15) is 59.3 Å². The molecule has 4 aromatic carbocycles. The number of carbonyl (C=O) groups is 1. The van der Waals surface area contributed by atoms with Crippen LogP contribution in [0, 0.1) is 11.3 Å². The molecule has 5 rings (SSSR count). The molecule has 7 heteroatoms. The largest absolute Gasteiger partial charge is 0.489 e. The molecule has 1 unspecified atom stereocenters. The first kappa shape index (κ1) is 27.8. The Morgan fingerprint density at radius 2 is 1.66 bits per heavy atom. The van der Waals surface area contributed by atoms with Crippen LogP contribution in [0.2, 0.25) is 5.02 Å². The Hall–Kier alpha value is -4.73. The van der Waals surface area contributed by atoms with Gasteiger partial charge in [-0.05, 0) is 52.9 Å². The molecule has 2 N–H and O–H groups in total. The third-order valence-electron chi connectivity index (χ3n) is 6.95. The number of ether oxygens (including phenoxy) is 3. The number of nitrogens with zero attached hydrogens (tertiary/aromatic N) is 1. The summed E-state index contributed by atoms with van der Waals surface area (Å²) in [7, 11) is 0. The number of carbonyl (C=O) groups excluding carboxylic acids is 1. The van der Waals surface area contributed by atoms with Crippen LogP contribution >= 0.6 is 11.6 Å². The number of hydrogen-bond donors (Lipinski definition) is 1. The van der Waals surface area contributed by atoms with E-state index < -0.39 is 11.9 Å². The molecule has 0 fully saturated rings. The van der Waals surface area contributed by atoms with Gasteiger partial charge in [0.25, 0.3) is 0 Å². The fourth-order valence-electron chi connectivity index (χ4n) is 4.65. The molecule has 0 amide bonds. The molecule has 6 nitrogen and oxygen atoms in total. The zero-order valence-corrected chi connectivity index (χ0v) is 23.7. The second-order valence-electron chi connectivity index (χ2n) is 10.8. The number of esters is 1. The van der Waals surface area contributed by atoms with Crippen molar-refractivity contribution in [1.29, 1.82) is 5.26 Å². The average molecular weight is 565 g/mol. The zero-order chi connectivity index (χ0) is 29.1. The molecule has 4 aromatic rings. The van der Waals surface area contributed by atoms with E-state index in [2.05, 4.69) is 26.8 Å². The molecule has 0 saturated heterocycles. The lowest BCUT2D eigenvalue weighted by Gasteiger charge is -2.27. The SMILES string of the molecule is CC(C)(C)c1ccc(C(=O)Oc2ccc3c(c2)OC(N)=C(C#N)C3c2ccc(OCc3ccccc3Cl)cc2)cc1. The minimum atomic E-state index is -0.480. The van der Waals surface area contributed by atoms with Gasteiger partial charge in [-0.25, -0.2) is 4.79 Å². The number of allylic oxidation sites excluding steroid dienone is 1. The van der Waals surface area contributed by atoms with Gasteiger partial charge in [-0.1, -0.05) is 80.9 Å². The molecule has 41 heavy (non-hydrogen) atoms. The van der Waals surface area contributed by atoms with Gasteiger partial charge in [-0.15, -0.1) is 0 Å². The van der Waals surface area contributed by atoms with Crippen LogP contribution in [0.4, 0.5) is 0 Å². The summed E-state index contributed by atoms with van der Waals surface area (Å²) < 4.78 is 17.4. The van der Waals surface area contributed by atoms with Crippen LogP contribution < -0.4 is 19.9 Å². The lowest BCUT2D eigenvalue weighted by molar-refractivity contribution is 0.0734. The van der Waals surface area contributed by atoms with Crippen molar-refractivity contribution < 1.29 is 19.0 Å². The van der Waals surface area contributed by atoms with Crippen molar-refractivity contribution in [2.24, 2.45) is 5.73 Å². The maximum absolute atomic E-state index is 12.8. The van der Waals surface area contributed by atoms with Gasteiger partial charge in [0.1, 0.15) is 35.5 Å². The van der Waals surface area contributed by atoms with Crippen molar-refractivity contribution in [3.63, 3.8) is 0 Å². The van der Waals surface area contributed by atoms with E-state index in [1.807, 2.05) is 60.7 Å². The molecule has 206 valence electrons. The van der Waals surface area contributed by atoms with E-state index in [9.17, 15) is 10.1 Å². The van der Waals surface area contributed by atoms with E-state index in [0.717, 1.165) is 22.3 Å². The number of fused-ring (bicyclic) bond motifs is 1. The van der Waals surface area contributed by atoms with E-state index in [4.69, 9.17) is 31.5 Å². The van der Waals surface area contributed by atoms with Gasteiger partial charge in [0.2, 0.25) is 5.88 Å². The molecule has 0 bridgehead atoms. The van der Waals surface area contributed by atoms with Crippen LogP contribution in [0.5, 0.6) is 17.2 Å². The summed E-state index contributed by atoms with van der Waals surface area (Å²) in [5, 5.41) is 10.5. The fourth-order valence-corrected chi connectivity index (χ4v) is 4.84. The van der Waals surface area contributed by atoms with E-state index in [-0.39, 0.29) is 11.3 Å². The monoisotopic (exact) mass is 564 g/mol. The van der Waals surface area contributed by atoms with Gasteiger partial charge >= 0.3 is 5.97 Å². The van der Waals surface area contributed by atoms with Crippen molar-refractivity contribution in [2.45, 2.75) is 38.7 Å². The zero-order valence-electron chi connectivity index (χ0n) is 23.0. The Labute approximate surface area is 244 Å². The maximum atomic E-state index is 12.8. The second-order valence-corrected chi connectivity index (χ2v) is 11.2. The van der Waals surface area contributed by atoms with Crippen molar-refractivity contribution in [3.05, 3.63) is 135 Å². The topological polar surface area (TPSA) is 94.6 Å². The van der Waals surface area contributed by atoms with Crippen molar-refractivity contribution in [3.8, 4) is 23.3 Å². The van der Waals surface area contributed by atoms with E-state index in [0.29, 0.717) is 40.0 Å². The molecule has 1 atom stereocenters. The van der Waals surface area contributed by atoms with E-state index >= 15 is 0 Å². The highest BCUT2D eigenvalue weighted by Gasteiger charge is 2.31. The lowest BCUT2D eigenvalue weighted by Crippen LogP contribution is -2.21. The first-order valence-corrected chi connectivity index (χ1v) is 13.5. The van der Waals surface area contributed by atoms with Gasteiger partial charge in [0.05, 0.1) is 11.5 Å². The summed E-state index contributed by atoms with van der Waals surface area (Å²) in [6.07, 6.45) is 0. The molecule has 1 heterocycles. The molecule has 0 saturated carbocycles. The third-order valence-corrected chi connectivity index (χ3v) is 7.32. The molecule has 0 aliphatic carbocycles. The minimum Gasteiger partial charge on any atom is -0.489 e. The Morgan fingerprint density at radius 1 is 0.976 bits per heavy atom. The number of hydrogen-bond acceptors (Lipinski definition) is 6. The van der Waals surface area contributed by atoms with Crippen LogP contribution in [0.15, 0.2) is 102 Å². The average Bonchev–Trinajstić information content (AvgIpc) is 2.96. The summed E-state index contributed by atoms with van der Waals surface area (Å²) in [6.45, 7) is 6.67. The van der Waals surface area contributed by atoms with Crippen molar-refractivity contribution in [2.75, 3.05) is 0 Å². The molecule has 0 spiro atoms. The van der Waals surface area contributed by atoms with Gasteiger partial charge in [-0.2, -0.15) is 5.26 Å². The minimum absolute atomic E-state index is 0.00490. The van der Waals surface area contributed by atoms with Gasteiger partial charge < -0.3 is 19.9 Å². The first-order valence-electron chi connectivity index (χ1n) is 13.1.